The van der Waals surface area contributed by atoms with Crippen LogP contribution in [0.2, 0.25) is 0 Å². The molecule has 1 N–H and O–H groups in total. The Bertz CT molecular complexity index is 1690. The van der Waals surface area contributed by atoms with Crippen molar-refractivity contribution < 1.29 is 14.0 Å². The van der Waals surface area contributed by atoms with Crippen molar-refractivity contribution in [2.75, 3.05) is 21.7 Å². The van der Waals surface area contributed by atoms with Gasteiger partial charge in [0.05, 0.1) is 16.9 Å². The van der Waals surface area contributed by atoms with Gasteiger partial charge < -0.3 is 14.6 Å². The minimum Gasteiger partial charge on any atom is -0.456 e. The third-order valence-corrected chi connectivity index (χ3v) is 7.09. The SMILES string of the molecule is CCN1C(=O)[C@@]2(Nc3ccccc3C(=O)N2c2ccc3c(c2)oc2ccccc23)c2ccccc21. The first-order chi connectivity index (χ1) is 17.1. The number of fused-ring (bicyclic) bond motifs is 6. The molecule has 1 spiro atoms. The summed E-state index contributed by atoms with van der Waals surface area (Å²) in [5, 5.41) is 5.45. The number of carbonyl (C=O) groups is 2. The summed E-state index contributed by atoms with van der Waals surface area (Å²) in [6.45, 7) is 2.43. The van der Waals surface area contributed by atoms with Crippen LogP contribution in [0.4, 0.5) is 17.1 Å². The van der Waals surface area contributed by atoms with E-state index >= 15 is 0 Å². The topological polar surface area (TPSA) is 65.8 Å². The fourth-order valence-electron chi connectivity index (χ4n) is 5.55. The summed E-state index contributed by atoms with van der Waals surface area (Å²) in [6.07, 6.45) is 0. The maximum Gasteiger partial charge on any atom is 0.279 e. The first-order valence-corrected chi connectivity index (χ1v) is 11.7. The van der Waals surface area contributed by atoms with E-state index in [1.54, 1.807) is 15.9 Å². The van der Waals surface area contributed by atoms with Gasteiger partial charge in [-0.15, -0.1) is 0 Å². The predicted molar refractivity (Wildman–Crippen MR) is 137 cm³/mol. The number of likely N-dealkylation sites (N-methyl/N-ethyl adjacent to an activating group) is 1. The largest absolute Gasteiger partial charge is 0.456 e. The van der Waals surface area contributed by atoms with Crippen molar-refractivity contribution in [2.45, 2.75) is 12.6 Å². The molecule has 5 aromatic rings. The van der Waals surface area contributed by atoms with E-state index < -0.39 is 5.66 Å². The second-order valence-electron chi connectivity index (χ2n) is 8.87. The van der Waals surface area contributed by atoms with Crippen LogP contribution in [0.3, 0.4) is 0 Å². The first kappa shape index (κ1) is 19.9. The van der Waals surface area contributed by atoms with Crippen molar-refractivity contribution in [2.24, 2.45) is 0 Å². The highest BCUT2D eigenvalue weighted by molar-refractivity contribution is 6.23. The lowest BCUT2D eigenvalue weighted by Crippen LogP contribution is -2.63. The van der Waals surface area contributed by atoms with Gasteiger partial charge in [0.2, 0.25) is 5.66 Å². The molecule has 3 heterocycles. The number of anilines is 3. The molecule has 35 heavy (non-hydrogen) atoms. The molecular weight excluding hydrogens is 438 g/mol. The minimum absolute atomic E-state index is 0.186. The third-order valence-electron chi connectivity index (χ3n) is 7.09. The van der Waals surface area contributed by atoms with Crippen LogP contribution in [0.5, 0.6) is 0 Å². The van der Waals surface area contributed by atoms with Gasteiger partial charge in [-0.1, -0.05) is 48.5 Å². The Balaban J connectivity index is 1.52. The van der Waals surface area contributed by atoms with Gasteiger partial charge in [0.15, 0.2) is 0 Å². The van der Waals surface area contributed by atoms with E-state index in [2.05, 4.69) is 5.32 Å². The molecule has 2 aliphatic heterocycles. The molecule has 6 heteroatoms. The monoisotopic (exact) mass is 459 g/mol. The fourth-order valence-corrected chi connectivity index (χ4v) is 5.55. The molecule has 0 fully saturated rings. The second-order valence-corrected chi connectivity index (χ2v) is 8.87. The number of para-hydroxylation sites is 3. The van der Waals surface area contributed by atoms with Crippen molar-refractivity contribution >= 4 is 50.8 Å². The van der Waals surface area contributed by atoms with Gasteiger partial charge >= 0.3 is 0 Å². The minimum atomic E-state index is -1.41. The Hall–Kier alpha value is -4.58. The average Bonchev–Trinajstić information content (AvgIpc) is 3.37. The standard InChI is InChI=1S/C29H21N3O3/c1-2-31-24-13-7-5-11-22(24)29(28(31)34)30-23-12-6-3-10-21(23)27(33)32(29)18-15-16-20-19-9-4-8-14-25(19)35-26(20)17-18/h3-17,30H,2H2,1H3/t29-/m1/s1. The van der Waals surface area contributed by atoms with E-state index in [-0.39, 0.29) is 11.8 Å². The molecule has 1 aromatic heterocycles. The van der Waals surface area contributed by atoms with Gasteiger partial charge in [-0.05, 0) is 43.3 Å². The Morgan fingerprint density at radius 1 is 0.829 bits per heavy atom. The molecule has 7 rings (SSSR count). The summed E-state index contributed by atoms with van der Waals surface area (Å²) in [7, 11) is 0. The Kier molecular flexibility index (Phi) is 3.95. The summed E-state index contributed by atoms with van der Waals surface area (Å²) in [5.74, 6) is -0.426. The third kappa shape index (κ3) is 2.48. The molecule has 1 atom stereocenters. The molecule has 2 aliphatic rings. The summed E-state index contributed by atoms with van der Waals surface area (Å²) in [6, 6.07) is 28.6. The van der Waals surface area contributed by atoms with Crippen molar-refractivity contribution in [3.8, 4) is 0 Å². The smallest absolute Gasteiger partial charge is 0.279 e. The van der Waals surface area contributed by atoms with E-state index in [4.69, 9.17) is 4.42 Å². The zero-order valence-electron chi connectivity index (χ0n) is 19.0. The van der Waals surface area contributed by atoms with E-state index in [0.717, 1.165) is 27.6 Å². The second kappa shape index (κ2) is 6.96. The molecule has 170 valence electrons. The Morgan fingerprint density at radius 3 is 2.46 bits per heavy atom. The van der Waals surface area contributed by atoms with Crippen LogP contribution in [0.15, 0.2) is 95.4 Å². The number of furan rings is 1. The molecule has 4 aromatic carbocycles. The van der Waals surface area contributed by atoms with Crippen molar-refractivity contribution in [1.82, 2.24) is 0 Å². The summed E-state index contributed by atoms with van der Waals surface area (Å²) in [5.41, 5.74) is 3.33. The van der Waals surface area contributed by atoms with Crippen LogP contribution in [0.25, 0.3) is 21.9 Å². The molecule has 0 bridgehead atoms. The van der Waals surface area contributed by atoms with E-state index in [9.17, 15) is 9.59 Å². The van der Waals surface area contributed by atoms with E-state index in [1.807, 2.05) is 91.9 Å². The number of rotatable bonds is 2. The van der Waals surface area contributed by atoms with Gasteiger partial charge in [-0.2, -0.15) is 0 Å². The number of benzene rings is 4. The lowest BCUT2D eigenvalue weighted by molar-refractivity contribution is -0.122. The highest BCUT2D eigenvalue weighted by Gasteiger charge is 2.59. The summed E-state index contributed by atoms with van der Waals surface area (Å²) < 4.78 is 6.12. The number of carbonyl (C=O) groups excluding carboxylic acids is 2. The van der Waals surface area contributed by atoms with Crippen LogP contribution in [-0.4, -0.2) is 18.4 Å². The van der Waals surface area contributed by atoms with Crippen molar-refractivity contribution in [1.29, 1.82) is 0 Å². The van der Waals surface area contributed by atoms with Crippen molar-refractivity contribution in [3.63, 3.8) is 0 Å². The molecule has 6 nitrogen and oxygen atoms in total. The van der Waals surface area contributed by atoms with Crippen LogP contribution in [-0.2, 0) is 10.5 Å². The molecule has 0 radical (unpaired) electrons. The highest BCUT2D eigenvalue weighted by Crippen LogP contribution is 2.50. The molecular formula is C29H21N3O3. The lowest BCUT2D eigenvalue weighted by Gasteiger charge is -2.45. The fraction of sp³-hybridized carbons (Fsp3) is 0.103. The first-order valence-electron chi connectivity index (χ1n) is 11.7. The maximum atomic E-state index is 14.2. The van der Waals surface area contributed by atoms with Crippen LogP contribution in [0, 0.1) is 0 Å². The van der Waals surface area contributed by atoms with Gasteiger partial charge in [0.1, 0.15) is 11.2 Å². The Labute approximate surface area is 201 Å². The molecule has 0 unspecified atom stereocenters. The van der Waals surface area contributed by atoms with Gasteiger partial charge in [0.25, 0.3) is 11.8 Å². The summed E-state index contributed by atoms with van der Waals surface area (Å²) >= 11 is 0. The quantitative estimate of drug-likeness (QED) is 0.358. The molecule has 0 aliphatic carbocycles. The number of hydrogen-bond acceptors (Lipinski definition) is 4. The highest BCUT2D eigenvalue weighted by atomic mass is 16.3. The normalized spacial score (nSPS) is 18.9. The van der Waals surface area contributed by atoms with E-state index in [1.165, 1.54) is 0 Å². The number of amides is 2. The van der Waals surface area contributed by atoms with Gasteiger partial charge in [-0.25, -0.2) is 0 Å². The van der Waals surface area contributed by atoms with Crippen LogP contribution >= 0.6 is 0 Å². The molecule has 0 saturated heterocycles. The summed E-state index contributed by atoms with van der Waals surface area (Å²) in [4.78, 5) is 31.6. The van der Waals surface area contributed by atoms with Gasteiger partial charge in [0, 0.05) is 34.6 Å². The van der Waals surface area contributed by atoms with Crippen LogP contribution in [0.1, 0.15) is 22.8 Å². The van der Waals surface area contributed by atoms with E-state index in [0.29, 0.717) is 29.1 Å². The number of hydrogen-bond donors (Lipinski definition) is 1. The van der Waals surface area contributed by atoms with Crippen molar-refractivity contribution in [3.05, 3.63) is 102 Å². The van der Waals surface area contributed by atoms with Gasteiger partial charge in [-0.3, -0.25) is 14.5 Å². The zero-order valence-corrected chi connectivity index (χ0v) is 19.0. The predicted octanol–water partition coefficient (Wildman–Crippen LogP) is 5.88. The molecule has 0 saturated carbocycles. The Morgan fingerprint density at radius 2 is 1.57 bits per heavy atom. The lowest BCUT2D eigenvalue weighted by atomic mass is 9.92. The van der Waals surface area contributed by atoms with Crippen LogP contribution < -0.4 is 15.1 Å². The maximum absolute atomic E-state index is 14.2. The number of nitrogens with zero attached hydrogens (tertiary/aromatic N) is 2. The molecule has 2 amide bonds. The average molecular weight is 460 g/mol. The zero-order chi connectivity index (χ0) is 23.7. The number of nitrogens with one attached hydrogen (secondary N) is 1.